The second-order valence-electron chi connectivity index (χ2n) is 14.4. The minimum Gasteiger partial charge on any atom is -0.497 e. The molecule has 5 atom stereocenters. The monoisotopic (exact) mass is 666 g/mol. The number of fused-ring (bicyclic) bond motifs is 3. The zero-order valence-electron chi connectivity index (χ0n) is 28.6. The number of hydrogen-bond acceptors (Lipinski definition) is 7. The van der Waals surface area contributed by atoms with Gasteiger partial charge in [0.05, 0.1) is 36.8 Å². The average molecular weight is 667 g/mol. The number of aliphatic imine (C=N–C) groups is 1. The van der Waals surface area contributed by atoms with Gasteiger partial charge in [-0.15, -0.1) is 0 Å². The fourth-order valence-corrected chi connectivity index (χ4v) is 8.07. The third kappa shape index (κ3) is 6.24. The van der Waals surface area contributed by atoms with Crippen LogP contribution in [0.3, 0.4) is 0 Å². The maximum atomic E-state index is 14.8. The highest BCUT2D eigenvalue weighted by Crippen LogP contribution is 2.61. The third-order valence-electron chi connectivity index (χ3n) is 11.0. The Hall–Kier alpha value is -4.87. The van der Waals surface area contributed by atoms with Crippen LogP contribution in [0.2, 0.25) is 0 Å². The molecule has 3 aliphatic carbocycles. The number of nitrogens with one attached hydrogen (secondary N) is 2. The topological polar surface area (TPSA) is 127 Å². The fraction of sp³-hybridized carbons (Fsp3) is 0.459. The predicted octanol–water partition coefficient (Wildman–Crippen LogP) is 4.90. The van der Waals surface area contributed by atoms with Crippen LogP contribution in [0.15, 0.2) is 64.8 Å². The molecule has 1 aliphatic heterocycles. The maximum Gasteiger partial charge on any atom is 0.261 e. The minimum absolute atomic E-state index is 0.0259. The summed E-state index contributed by atoms with van der Waals surface area (Å²) in [6, 6.07) is 10.2. The zero-order chi connectivity index (χ0) is 34.4. The molecule has 8 rings (SSSR count). The van der Waals surface area contributed by atoms with Crippen molar-refractivity contribution in [3.63, 3.8) is 0 Å². The number of amides is 1. The fourth-order valence-electron chi connectivity index (χ4n) is 8.07. The number of ether oxygens (including phenoxy) is 1. The van der Waals surface area contributed by atoms with Gasteiger partial charge in [0, 0.05) is 43.3 Å². The van der Waals surface area contributed by atoms with Crippen molar-refractivity contribution in [3.05, 3.63) is 76.7 Å². The quantitative estimate of drug-likeness (QED) is 0.211. The van der Waals surface area contributed by atoms with Crippen LogP contribution in [0.25, 0.3) is 22.4 Å². The van der Waals surface area contributed by atoms with Crippen molar-refractivity contribution in [1.29, 1.82) is 0 Å². The molecule has 2 aromatic heterocycles. The van der Waals surface area contributed by atoms with Crippen LogP contribution in [-0.4, -0.2) is 68.6 Å². The summed E-state index contributed by atoms with van der Waals surface area (Å²) in [6.07, 6.45) is 7.20. The number of benzene rings is 2. The van der Waals surface area contributed by atoms with E-state index in [9.17, 15) is 14.0 Å². The van der Waals surface area contributed by atoms with Crippen LogP contribution in [0, 0.1) is 29.0 Å². The molecular formula is C37H43FN8O3. The lowest BCUT2D eigenvalue weighted by atomic mass is 9.45. The molecule has 1 saturated heterocycles. The number of nitrogens with zero attached hydrogens (tertiary/aromatic N) is 6. The number of carbonyl (C=O) groups excluding carboxylic acids is 1. The molecule has 2 aromatic carbocycles. The van der Waals surface area contributed by atoms with E-state index in [1.54, 1.807) is 36.8 Å². The number of methoxy groups -OCH3 is 1. The van der Waals surface area contributed by atoms with E-state index < -0.39 is 5.82 Å². The number of anilines is 1. The SMILES string of the molecule is COc1ccc(CCn2c(-c3cnccn3)nc3cc(NC(=NC4C[C@@H]5C[C@H]([C@@H]4C)C5(C)C)N4CC(=O)N[C@@H](C)C4)ccc3c2=O)c(F)c1. The van der Waals surface area contributed by atoms with Crippen molar-refractivity contribution < 1.29 is 13.9 Å². The van der Waals surface area contributed by atoms with Crippen LogP contribution in [0.5, 0.6) is 5.75 Å². The normalized spacial score (nSPS) is 24.7. The summed E-state index contributed by atoms with van der Waals surface area (Å²) in [7, 11) is 1.49. The van der Waals surface area contributed by atoms with E-state index in [-0.39, 0.29) is 43.1 Å². The lowest BCUT2D eigenvalue weighted by Crippen LogP contribution is -2.58. The molecule has 1 unspecified atom stereocenters. The molecule has 2 N–H and O–H groups in total. The summed E-state index contributed by atoms with van der Waals surface area (Å²) in [5.41, 5.74) is 2.13. The molecule has 4 aromatic rings. The number of aromatic nitrogens is 4. The molecule has 2 bridgehead atoms. The number of halogens is 1. The highest BCUT2D eigenvalue weighted by Gasteiger charge is 2.56. The van der Waals surface area contributed by atoms with E-state index in [0.717, 1.165) is 6.42 Å². The van der Waals surface area contributed by atoms with Crippen molar-refractivity contribution >= 4 is 28.5 Å². The number of rotatable bonds is 7. The minimum atomic E-state index is -0.403. The van der Waals surface area contributed by atoms with E-state index in [1.165, 1.54) is 24.2 Å². The molecule has 0 radical (unpaired) electrons. The summed E-state index contributed by atoms with van der Waals surface area (Å²) in [5.74, 6) is 2.65. The molecule has 0 spiro atoms. The van der Waals surface area contributed by atoms with Crippen LogP contribution in [-0.2, 0) is 17.8 Å². The Morgan fingerprint density at radius 2 is 1.98 bits per heavy atom. The second-order valence-corrected chi connectivity index (χ2v) is 14.4. The van der Waals surface area contributed by atoms with Crippen LogP contribution >= 0.6 is 0 Å². The first-order valence-electron chi connectivity index (χ1n) is 17.0. The van der Waals surface area contributed by atoms with Crippen LogP contribution in [0.4, 0.5) is 10.1 Å². The predicted molar refractivity (Wildman–Crippen MR) is 187 cm³/mol. The van der Waals surface area contributed by atoms with Crippen molar-refractivity contribution in [2.24, 2.45) is 28.2 Å². The molecule has 3 heterocycles. The molecular weight excluding hydrogens is 623 g/mol. The molecule has 12 heteroatoms. The summed E-state index contributed by atoms with van der Waals surface area (Å²) in [5, 5.41) is 6.94. The summed E-state index contributed by atoms with van der Waals surface area (Å²) in [4.78, 5) is 47.5. The van der Waals surface area contributed by atoms with Gasteiger partial charge < -0.3 is 20.3 Å². The van der Waals surface area contributed by atoms with Gasteiger partial charge in [-0.1, -0.05) is 26.8 Å². The third-order valence-corrected chi connectivity index (χ3v) is 11.0. The lowest BCUT2D eigenvalue weighted by molar-refractivity contribution is -0.124. The summed E-state index contributed by atoms with van der Waals surface area (Å²) < 4.78 is 21.5. The number of piperazine rings is 1. The first-order valence-corrected chi connectivity index (χ1v) is 17.0. The Bertz CT molecular complexity index is 1980. The molecule has 4 fully saturated rings. The van der Waals surface area contributed by atoms with Gasteiger partial charge in [0.1, 0.15) is 17.3 Å². The van der Waals surface area contributed by atoms with Crippen LogP contribution < -0.4 is 20.9 Å². The first-order chi connectivity index (χ1) is 23.5. The van der Waals surface area contributed by atoms with E-state index >= 15 is 0 Å². The Balaban J connectivity index is 1.24. The van der Waals surface area contributed by atoms with E-state index in [0.29, 0.717) is 75.1 Å². The van der Waals surface area contributed by atoms with Crippen molar-refractivity contribution in [1.82, 2.24) is 29.7 Å². The molecule has 1 amide bonds. The molecule has 3 saturated carbocycles. The second kappa shape index (κ2) is 12.9. The Morgan fingerprint density at radius 3 is 2.67 bits per heavy atom. The Kier molecular flexibility index (Phi) is 8.58. The smallest absolute Gasteiger partial charge is 0.261 e. The molecule has 256 valence electrons. The van der Waals surface area contributed by atoms with Crippen molar-refractivity contribution in [3.8, 4) is 17.3 Å². The van der Waals surface area contributed by atoms with Gasteiger partial charge in [-0.25, -0.2) is 19.4 Å². The number of aryl methyl sites for hydroxylation is 1. The van der Waals surface area contributed by atoms with Gasteiger partial charge in [0.2, 0.25) is 5.91 Å². The number of hydrogen-bond donors (Lipinski definition) is 2. The van der Waals surface area contributed by atoms with E-state index in [4.69, 9.17) is 14.7 Å². The van der Waals surface area contributed by atoms with Crippen molar-refractivity contribution in [2.75, 3.05) is 25.5 Å². The largest absolute Gasteiger partial charge is 0.497 e. The number of guanidine groups is 1. The van der Waals surface area contributed by atoms with Gasteiger partial charge in [-0.2, -0.15) is 0 Å². The van der Waals surface area contributed by atoms with Gasteiger partial charge >= 0.3 is 0 Å². The highest BCUT2D eigenvalue weighted by molar-refractivity contribution is 5.98. The molecule has 4 aliphatic rings. The number of carbonyl (C=O) groups is 1. The Labute approximate surface area is 285 Å². The lowest BCUT2D eigenvalue weighted by Gasteiger charge is -2.61. The summed E-state index contributed by atoms with van der Waals surface area (Å²) in [6.45, 7) is 10.1. The van der Waals surface area contributed by atoms with E-state index in [1.807, 2.05) is 24.0 Å². The van der Waals surface area contributed by atoms with Crippen molar-refractivity contribution in [2.45, 2.75) is 65.6 Å². The molecule has 49 heavy (non-hydrogen) atoms. The van der Waals surface area contributed by atoms with E-state index in [2.05, 4.69) is 41.4 Å². The zero-order valence-corrected chi connectivity index (χ0v) is 28.6. The molecule has 11 nitrogen and oxygen atoms in total. The highest BCUT2D eigenvalue weighted by atomic mass is 19.1. The summed E-state index contributed by atoms with van der Waals surface area (Å²) >= 11 is 0. The standard InChI is InChI=1S/C37H43FN8O3/c1-21-19-45(20-33(47)41-21)36(44-30-15-24-14-28(22(30)2)37(24,3)4)42-25-7-9-27-31(16-25)43-34(32-18-39-11-12-40-32)46(35(27)48)13-10-23-6-8-26(49-5)17-29(23)38/h6-9,11-12,16-18,21-22,24,28,30H,10,13-15,19-20H2,1-5H3,(H,41,47)(H,42,44)/t21-,22-,24-,28+,30?/m0/s1. The first kappa shape index (κ1) is 32.7. The average Bonchev–Trinajstić information content (AvgIpc) is 3.08. The Morgan fingerprint density at radius 1 is 1.14 bits per heavy atom. The maximum absolute atomic E-state index is 14.8. The van der Waals surface area contributed by atoms with Crippen LogP contribution in [0.1, 0.15) is 46.1 Å². The van der Waals surface area contributed by atoms with Gasteiger partial charge in [0.25, 0.3) is 5.56 Å². The van der Waals surface area contributed by atoms with Gasteiger partial charge in [-0.05, 0) is 79.2 Å². The van der Waals surface area contributed by atoms with Gasteiger partial charge in [0.15, 0.2) is 11.8 Å². The van der Waals surface area contributed by atoms with Gasteiger partial charge in [-0.3, -0.25) is 19.1 Å².